The molecule has 1 atom stereocenters. The van der Waals surface area contributed by atoms with Gasteiger partial charge < -0.3 is 10.1 Å². The van der Waals surface area contributed by atoms with Crippen LogP contribution in [-0.2, 0) is 9.53 Å². The molecule has 0 aromatic heterocycles. The summed E-state index contributed by atoms with van der Waals surface area (Å²) < 4.78 is 18.9. The molecular formula is C12H13BrFNO2. The molecule has 1 heterocycles. The van der Waals surface area contributed by atoms with Gasteiger partial charge in [-0.25, -0.2) is 4.39 Å². The summed E-state index contributed by atoms with van der Waals surface area (Å²) in [5.74, 6) is -0.621. The van der Waals surface area contributed by atoms with E-state index in [2.05, 4.69) is 21.2 Å². The van der Waals surface area contributed by atoms with Crippen molar-refractivity contribution in [1.82, 2.24) is 0 Å². The maximum atomic E-state index is 13.2. The van der Waals surface area contributed by atoms with Crippen molar-refractivity contribution in [2.45, 2.75) is 12.8 Å². The van der Waals surface area contributed by atoms with E-state index >= 15 is 0 Å². The fourth-order valence-corrected chi connectivity index (χ4v) is 2.01. The van der Waals surface area contributed by atoms with Gasteiger partial charge >= 0.3 is 0 Å². The average molecular weight is 302 g/mol. The zero-order valence-electron chi connectivity index (χ0n) is 9.21. The van der Waals surface area contributed by atoms with Crippen LogP contribution in [0.1, 0.15) is 12.8 Å². The second kappa shape index (κ2) is 5.60. The molecule has 2 rings (SSSR count). The first-order chi connectivity index (χ1) is 8.16. The number of rotatable bonds is 2. The minimum Gasteiger partial charge on any atom is -0.381 e. The van der Waals surface area contributed by atoms with Crippen molar-refractivity contribution in [2.24, 2.45) is 5.92 Å². The second-order valence-corrected chi connectivity index (χ2v) is 4.89. The average Bonchev–Trinajstić information content (AvgIpc) is 2.35. The first kappa shape index (κ1) is 12.5. The second-order valence-electron chi connectivity index (χ2n) is 4.03. The van der Waals surface area contributed by atoms with Crippen LogP contribution in [0.4, 0.5) is 10.1 Å². The van der Waals surface area contributed by atoms with Crippen LogP contribution in [-0.4, -0.2) is 19.1 Å². The van der Waals surface area contributed by atoms with Crippen LogP contribution in [0.2, 0.25) is 0 Å². The first-order valence-corrected chi connectivity index (χ1v) is 6.30. The lowest BCUT2D eigenvalue weighted by atomic mass is 10.0. The van der Waals surface area contributed by atoms with Crippen LogP contribution in [0.25, 0.3) is 0 Å². The normalized spacial score (nSPS) is 20.0. The van der Waals surface area contributed by atoms with Gasteiger partial charge in [-0.2, -0.15) is 0 Å². The van der Waals surface area contributed by atoms with Gasteiger partial charge in [0.15, 0.2) is 0 Å². The number of carbonyl (C=O) groups excluding carboxylic acids is 1. The Hall–Kier alpha value is -0.940. The van der Waals surface area contributed by atoms with Crippen LogP contribution < -0.4 is 5.32 Å². The van der Waals surface area contributed by atoms with Gasteiger partial charge in [-0.15, -0.1) is 0 Å². The third kappa shape index (κ3) is 3.26. The third-order valence-corrected chi connectivity index (χ3v) is 3.36. The van der Waals surface area contributed by atoms with E-state index in [4.69, 9.17) is 4.74 Å². The van der Waals surface area contributed by atoms with Gasteiger partial charge in [0.1, 0.15) is 5.82 Å². The Morgan fingerprint density at radius 1 is 1.53 bits per heavy atom. The molecule has 1 amide bonds. The molecule has 0 radical (unpaired) electrons. The highest BCUT2D eigenvalue weighted by Crippen LogP contribution is 2.21. The van der Waals surface area contributed by atoms with E-state index in [1.165, 1.54) is 6.07 Å². The SMILES string of the molecule is O=C(Nc1ccc(Br)c(F)c1)C1CCCOC1. The quantitative estimate of drug-likeness (QED) is 0.912. The molecule has 5 heteroatoms. The van der Waals surface area contributed by atoms with Crippen molar-refractivity contribution < 1.29 is 13.9 Å². The summed E-state index contributed by atoms with van der Waals surface area (Å²) in [7, 11) is 0. The van der Waals surface area contributed by atoms with Gasteiger partial charge in [-0.3, -0.25) is 4.79 Å². The van der Waals surface area contributed by atoms with E-state index in [-0.39, 0.29) is 17.6 Å². The number of amides is 1. The zero-order chi connectivity index (χ0) is 12.3. The van der Waals surface area contributed by atoms with Gasteiger partial charge in [-0.1, -0.05) is 0 Å². The molecular weight excluding hydrogens is 289 g/mol. The van der Waals surface area contributed by atoms with Crippen molar-refractivity contribution >= 4 is 27.5 Å². The van der Waals surface area contributed by atoms with Crippen LogP contribution in [0.3, 0.4) is 0 Å². The van der Waals surface area contributed by atoms with Crippen LogP contribution in [0.5, 0.6) is 0 Å². The smallest absolute Gasteiger partial charge is 0.229 e. The lowest BCUT2D eigenvalue weighted by Crippen LogP contribution is -2.30. The van der Waals surface area contributed by atoms with E-state index in [0.29, 0.717) is 16.8 Å². The van der Waals surface area contributed by atoms with Gasteiger partial charge in [-0.05, 0) is 47.0 Å². The van der Waals surface area contributed by atoms with Crippen LogP contribution >= 0.6 is 15.9 Å². The Bertz CT molecular complexity index is 419. The van der Waals surface area contributed by atoms with Crippen molar-refractivity contribution in [1.29, 1.82) is 0 Å². The van der Waals surface area contributed by atoms with Gasteiger partial charge in [0.25, 0.3) is 0 Å². The summed E-state index contributed by atoms with van der Waals surface area (Å²) in [6, 6.07) is 4.53. The number of ether oxygens (including phenoxy) is 1. The minimum atomic E-state index is -0.386. The van der Waals surface area contributed by atoms with Gasteiger partial charge in [0, 0.05) is 12.3 Å². The highest BCUT2D eigenvalue weighted by atomic mass is 79.9. The predicted molar refractivity (Wildman–Crippen MR) is 66.3 cm³/mol. The topological polar surface area (TPSA) is 38.3 Å². The summed E-state index contributed by atoms with van der Waals surface area (Å²) in [5.41, 5.74) is 0.473. The van der Waals surface area contributed by atoms with Crippen molar-refractivity contribution in [3.05, 3.63) is 28.5 Å². The highest BCUT2D eigenvalue weighted by Gasteiger charge is 2.21. The molecule has 1 N–H and O–H groups in total. The molecule has 0 saturated carbocycles. The molecule has 1 fully saturated rings. The lowest BCUT2D eigenvalue weighted by Gasteiger charge is -2.21. The summed E-state index contributed by atoms with van der Waals surface area (Å²) >= 11 is 3.06. The number of nitrogens with one attached hydrogen (secondary N) is 1. The maximum absolute atomic E-state index is 13.2. The first-order valence-electron chi connectivity index (χ1n) is 5.50. The Morgan fingerprint density at radius 2 is 2.35 bits per heavy atom. The molecule has 1 aliphatic heterocycles. The van der Waals surface area contributed by atoms with E-state index in [9.17, 15) is 9.18 Å². The molecule has 1 aromatic rings. The molecule has 92 valence electrons. The van der Waals surface area contributed by atoms with E-state index in [1.807, 2.05) is 0 Å². The molecule has 0 bridgehead atoms. The molecule has 0 spiro atoms. The Kier molecular flexibility index (Phi) is 4.12. The summed E-state index contributed by atoms with van der Waals surface area (Å²) in [6.45, 7) is 1.17. The number of benzene rings is 1. The van der Waals surface area contributed by atoms with E-state index in [1.54, 1.807) is 12.1 Å². The monoisotopic (exact) mass is 301 g/mol. The van der Waals surface area contributed by atoms with Gasteiger partial charge in [0.2, 0.25) is 5.91 Å². The number of carbonyl (C=O) groups is 1. The Morgan fingerprint density at radius 3 is 3.00 bits per heavy atom. The molecule has 0 aliphatic carbocycles. The minimum absolute atomic E-state index is 0.105. The molecule has 1 saturated heterocycles. The standard InChI is InChI=1S/C12H13BrFNO2/c13-10-4-3-9(6-11(10)14)15-12(16)8-2-1-5-17-7-8/h3-4,6,8H,1-2,5,7H2,(H,15,16). The Balaban J connectivity index is 1.99. The molecule has 17 heavy (non-hydrogen) atoms. The maximum Gasteiger partial charge on any atom is 0.229 e. The van der Waals surface area contributed by atoms with Crippen molar-refractivity contribution in [3.63, 3.8) is 0 Å². The number of anilines is 1. The van der Waals surface area contributed by atoms with Gasteiger partial charge in [0.05, 0.1) is 17.0 Å². The molecule has 1 unspecified atom stereocenters. The van der Waals surface area contributed by atoms with Crippen molar-refractivity contribution in [3.8, 4) is 0 Å². The van der Waals surface area contributed by atoms with Crippen LogP contribution in [0, 0.1) is 11.7 Å². The predicted octanol–water partition coefficient (Wildman–Crippen LogP) is 2.95. The summed E-state index contributed by atoms with van der Waals surface area (Å²) in [4.78, 5) is 11.8. The number of halogens is 2. The fourth-order valence-electron chi connectivity index (χ4n) is 1.77. The molecule has 1 aliphatic rings. The molecule has 3 nitrogen and oxygen atoms in total. The zero-order valence-corrected chi connectivity index (χ0v) is 10.8. The molecule has 1 aromatic carbocycles. The number of hydrogen-bond donors (Lipinski definition) is 1. The summed E-state index contributed by atoms with van der Waals surface area (Å²) in [6.07, 6.45) is 1.72. The summed E-state index contributed by atoms with van der Waals surface area (Å²) in [5, 5.41) is 2.70. The Labute approximate surface area is 107 Å². The van der Waals surface area contributed by atoms with E-state index in [0.717, 1.165) is 19.4 Å². The fraction of sp³-hybridized carbons (Fsp3) is 0.417. The van der Waals surface area contributed by atoms with Crippen LogP contribution in [0.15, 0.2) is 22.7 Å². The van der Waals surface area contributed by atoms with E-state index < -0.39 is 0 Å². The number of hydrogen-bond acceptors (Lipinski definition) is 2. The van der Waals surface area contributed by atoms with Crippen molar-refractivity contribution in [2.75, 3.05) is 18.5 Å². The lowest BCUT2D eigenvalue weighted by molar-refractivity contribution is -0.123. The third-order valence-electron chi connectivity index (χ3n) is 2.72. The highest BCUT2D eigenvalue weighted by molar-refractivity contribution is 9.10. The largest absolute Gasteiger partial charge is 0.381 e.